The molecule has 2 aromatic carbocycles. The zero-order valence-corrected chi connectivity index (χ0v) is 9.48. The van der Waals surface area contributed by atoms with Crippen LogP contribution in [0.15, 0.2) is 47.0 Å². The van der Waals surface area contributed by atoms with Crippen molar-refractivity contribution in [1.82, 2.24) is 5.16 Å². The molecule has 1 aromatic heterocycles. The van der Waals surface area contributed by atoms with Crippen LogP contribution in [0.1, 0.15) is 0 Å². The van der Waals surface area contributed by atoms with E-state index in [0.717, 1.165) is 5.39 Å². The maximum absolute atomic E-state index is 9.79. The van der Waals surface area contributed by atoms with Gasteiger partial charge in [0.25, 0.3) is 0 Å². The van der Waals surface area contributed by atoms with Crippen molar-refractivity contribution in [3.63, 3.8) is 0 Å². The molecule has 4 heteroatoms. The zero-order valence-electron chi connectivity index (χ0n) is 8.72. The molecule has 0 bridgehead atoms. The van der Waals surface area contributed by atoms with Gasteiger partial charge in [0.2, 0.25) is 0 Å². The molecule has 0 aliphatic heterocycles. The van der Waals surface area contributed by atoms with E-state index in [1.807, 2.05) is 6.07 Å². The summed E-state index contributed by atoms with van der Waals surface area (Å²) < 4.78 is 5.27. The van der Waals surface area contributed by atoms with E-state index in [4.69, 9.17) is 16.1 Å². The maximum Gasteiger partial charge on any atom is 0.178 e. The second-order valence-electron chi connectivity index (χ2n) is 3.69. The molecule has 3 nitrogen and oxygen atoms in total. The number of hydrogen-bond acceptors (Lipinski definition) is 3. The summed E-state index contributed by atoms with van der Waals surface area (Å²) in [6.45, 7) is 0. The first-order valence-electron chi connectivity index (χ1n) is 5.09. The third-order valence-electron chi connectivity index (χ3n) is 2.59. The lowest BCUT2D eigenvalue weighted by molar-refractivity contribution is 0.433. The maximum atomic E-state index is 9.79. The molecule has 0 aliphatic carbocycles. The number of phenols is 1. The van der Waals surface area contributed by atoms with Crippen molar-refractivity contribution in [2.24, 2.45) is 0 Å². The summed E-state index contributed by atoms with van der Waals surface area (Å²) >= 11 is 5.94. The van der Waals surface area contributed by atoms with E-state index in [9.17, 15) is 5.11 Å². The van der Waals surface area contributed by atoms with Crippen LogP contribution in [0.5, 0.6) is 5.75 Å². The number of para-hydroxylation sites is 1. The third kappa shape index (κ3) is 1.65. The number of phenolic OH excluding ortho intramolecular Hbond substituents is 1. The van der Waals surface area contributed by atoms with Gasteiger partial charge in [-0.1, -0.05) is 28.9 Å². The predicted molar refractivity (Wildman–Crippen MR) is 66.1 cm³/mol. The van der Waals surface area contributed by atoms with E-state index in [1.165, 1.54) is 0 Å². The average Bonchev–Trinajstić information content (AvgIpc) is 2.72. The lowest BCUT2D eigenvalue weighted by Crippen LogP contribution is -1.76. The molecule has 1 heterocycles. The number of aromatic nitrogens is 1. The molecule has 3 aromatic rings. The summed E-state index contributed by atoms with van der Waals surface area (Å²) in [6, 6.07) is 12.3. The number of hydrogen-bond donors (Lipinski definition) is 1. The van der Waals surface area contributed by atoms with Crippen molar-refractivity contribution in [2.75, 3.05) is 0 Å². The summed E-state index contributed by atoms with van der Waals surface area (Å²) in [7, 11) is 0. The molecule has 0 amide bonds. The highest BCUT2D eigenvalue weighted by Gasteiger charge is 2.13. The molecule has 84 valence electrons. The molecule has 0 saturated heterocycles. The van der Waals surface area contributed by atoms with Gasteiger partial charge in [-0.15, -0.1) is 0 Å². The van der Waals surface area contributed by atoms with Crippen molar-refractivity contribution in [3.8, 4) is 17.1 Å². The van der Waals surface area contributed by atoms with Gasteiger partial charge in [0.1, 0.15) is 11.3 Å². The highest BCUT2D eigenvalue weighted by atomic mass is 35.5. The number of benzene rings is 2. The molecule has 0 saturated carbocycles. The predicted octanol–water partition coefficient (Wildman–Crippen LogP) is 3.85. The first-order valence-corrected chi connectivity index (χ1v) is 5.47. The molecule has 0 atom stereocenters. The fraction of sp³-hybridized carbons (Fsp3) is 0. The quantitative estimate of drug-likeness (QED) is 0.708. The van der Waals surface area contributed by atoms with E-state index >= 15 is 0 Å². The molecule has 1 N–H and O–H groups in total. The van der Waals surface area contributed by atoms with Crippen LogP contribution >= 0.6 is 11.6 Å². The smallest absolute Gasteiger partial charge is 0.178 e. The Balaban J connectivity index is 2.31. The van der Waals surface area contributed by atoms with Crippen molar-refractivity contribution in [1.29, 1.82) is 0 Å². The molecule has 0 aliphatic rings. The van der Waals surface area contributed by atoms with Gasteiger partial charge in [0.15, 0.2) is 5.76 Å². The van der Waals surface area contributed by atoms with Gasteiger partial charge in [-0.3, -0.25) is 0 Å². The van der Waals surface area contributed by atoms with Crippen LogP contribution in [-0.4, -0.2) is 10.3 Å². The van der Waals surface area contributed by atoms with Gasteiger partial charge in [0.05, 0.1) is 10.9 Å². The lowest BCUT2D eigenvalue weighted by Gasteiger charge is -1.99. The number of nitrogens with zero attached hydrogens (tertiary/aromatic N) is 1. The minimum absolute atomic E-state index is 0.158. The van der Waals surface area contributed by atoms with Crippen molar-refractivity contribution in [2.45, 2.75) is 0 Å². The van der Waals surface area contributed by atoms with Gasteiger partial charge in [0, 0.05) is 5.02 Å². The Hall–Kier alpha value is -2.00. The molecule has 0 fully saturated rings. The Morgan fingerprint density at radius 3 is 2.76 bits per heavy atom. The van der Waals surface area contributed by atoms with E-state index in [1.54, 1.807) is 36.4 Å². The minimum Gasteiger partial charge on any atom is -0.507 e. The molecule has 0 spiro atoms. The van der Waals surface area contributed by atoms with Crippen molar-refractivity contribution >= 4 is 22.5 Å². The fourth-order valence-corrected chi connectivity index (χ4v) is 1.95. The fourth-order valence-electron chi connectivity index (χ4n) is 1.77. The van der Waals surface area contributed by atoms with E-state index in [-0.39, 0.29) is 5.75 Å². The van der Waals surface area contributed by atoms with Crippen LogP contribution < -0.4 is 0 Å². The highest BCUT2D eigenvalue weighted by molar-refractivity contribution is 6.31. The van der Waals surface area contributed by atoms with Crippen LogP contribution in [-0.2, 0) is 0 Å². The Bertz CT molecular complexity index is 691. The van der Waals surface area contributed by atoms with Crippen LogP contribution in [0, 0.1) is 0 Å². The Kier molecular flexibility index (Phi) is 2.27. The molecular formula is C13H8ClNO2. The van der Waals surface area contributed by atoms with Crippen molar-refractivity contribution < 1.29 is 9.63 Å². The topological polar surface area (TPSA) is 46.3 Å². The highest BCUT2D eigenvalue weighted by Crippen LogP contribution is 2.35. The van der Waals surface area contributed by atoms with E-state index < -0.39 is 0 Å². The standard InChI is InChI=1S/C13H8ClNO2/c14-8-5-6-11-10(7-8)13(17-15-11)9-3-1-2-4-12(9)16/h1-7,16H. The number of rotatable bonds is 1. The van der Waals surface area contributed by atoms with Gasteiger partial charge < -0.3 is 9.63 Å². The summed E-state index contributed by atoms with van der Waals surface area (Å²) in [5.41, 5.74) is 1.32. The monoisotopic (exact) mass is 245 g/mol. The van der Waals surface area contributed by atoms with E-state index in [0.29, 0.717) is 21.9 Å². The average molecular weight is 246 g/mol. The molecule has 3 rings (SSSR count). The number of aromatic hydroxyl groups is 1. The molecule has 0 unspecified atom stereocenters. The molecule has 0 radical (unpaired) electrons. The Morgan fingerprint density at radius 1 is 1.12 bits per heavy atom. The summed E-state index contributed by atoms with van der Waals surface area (Å²) in [5, 5.41) is 15.1. The number of fused-ring (bicyclic) bond motifs is 1. The third-order valence-corrected chi connectivity index (χ3v) is 2.82. The minimum atomic E-state index is 0.158. The first kappa shape index (κ1) is 10.2. The summed E-state index contributed by atoms with van der Waals surface area (Å²) in [5.74, 6) is 0.686. The van der Waals surface area contributed by atoms with Gasteiger partial charge in [-0.25, -0.2) is 0 Å². The second kappa shape index (κ2) is 3.79. The van der Waals surface area contributed by atoms with Crippen molar-refractivity contribution in [3.05, 3.63) is 47.5 Å². The molecular weight excluding hydrogens is 238 g/mol. The van der Waals surface area contributed by atoms with Gasteiger partial charge in [-0.2, -0.15) is 0 Å². The van der Waals surface area contributed by atoms with Crippen LogP contribution in [0.4, 0.5) is 0 Å². The summed E-state index contributed by atoms with van der Waals surface area (Å²) in [6.07, 6.45) is 0. The first-order chi connectivity index (χ1) is 8.25. The van der Waals surface area contributed by atoms with E-state index in [2.05, 4.69) is 5.16 Å². The second-order valence-corrected chi connectivity index (χ2v) is 4.13. The van der Waals surface area contributed by atoms with Gasteiger partial charge in [-0.05, 0) is 30.3 Å². The van der Waals surface area contributed by atoms with Crippen LogP contribution in [0.2, 0.25) is 5.02 Å². The largest absolute Gasteiger partial charge is 0.507 e. The Morgan fingerprint density at radius 2 is 1.94 bits per heavy atom. The van der Waals surface area contributed by atoms with Crippen LogP contribution in [0.3, 0.4) is 0 Å². The number of halogens is 1. The lowest BCUT2D eigenvalue weighted by atomic mass is 10.1. The Labute approximate surface area is 102 Å². The zero-order chi connectivity index (χ0) is 11.8. The summed E-state index contributed by atoms with van der Waals surface area (Å²) in [4.78, 5) is 0. The SMILES string of the molecule is Oc1ccccc1-c1onc2ccc(Cl)cc12. The van der Waals surface area contributed by atoms with Crippen LogP contribution in [0.25, 0.3) is 22.2 Å². The normalized spacial score (nSPS) is 10.9. The van der Waals surface area contributed by atoms with Gasteiger partial charge >= 0.3 is 0 Å². The molecule has 17 heavy (non-hydrogen) atoms.